The number of carbonyl (C=O) groups excluding carboxylic acids is 1. The van der Waals surface area contributed by atoms with Gasteiger partial charge in [0.1, 0.15) is 20.4 Å². The van der Waals surface area contributed by atoms with Crippen LogP contribution >= 0.6 is 110 Å². The van der Waals surface area contributed by atoms with E-state index in [1.165, 1.54) is 12.1 Å². The SMILES string of the molecule is O=C1OC2(c3cc(Br)c(O)c(Br)c3Oc3c2cc(Br)c(O)c3Br)c2c(Cl)c(Cl)c(Cl)c(Cl)c21. The predicted molar refractivity (Wildman–Crippen MR) is 139 cm³/mol. The number of benzene rings is 3. The monoisotopic (exact) mass is 780 g/mol. The van der Waals surface area contributed by atoms with Crippen molar-refractivity contribution in [3.63, 3.8) is 0 Å². The first-order valence-electron chi connectivity index (χ1n) is 8.63. The number of esters is 1. The summed E-state index contributed by atoms with van der Waals surface area (Å²) in [6.07, 6.45) is 0. The van der Waals surface area contributed by atoms with Crippen LogP contribution in [0.2, 0.25) is 20.1 Å². The molecule has 13 heteroatoms. The fourth-order valence-corrected chi connectivity index (χ4v) is 7.39. The minimum Gasteiger partial charge on any atom is -0.505 e. The van der Waals surface area contributed by atoms with Crippen molar-refractivity contribution < 1.29 is 24.5 Å². The van der Waals surface area contributed by atoms with E-state index in [0.717, 1.165) is 0 Å². The van der Waals surface area contributed by atoms with E-state index in [4.69, 9.17) is 55.9 Å². The Morgan fingerprint density at radius 3 is 1.70 bits per heavy atom. The highest BCUT2D eigenvalue weighted by Gasteiger charge is 2.58. The fourth-order valence-electron chi connectivity index (χ4n) is 3.93. The van der Waals surface area contributed by atoms with Crippen molar-refractivity contribution in [3.8, 4) is 23.0 Å². The largest absolute Gasteiger partial charge is 0.505 e. The maximum absolute atomic E-state index is 13.2. The van der Waals surface area contributed by atoms with Crippen molar-refractivity contribution in [3.05, 3.63) is 72.4 Å². The lowest BCUT2D eigenvalue weighted by molar-refractivity contribution is 0.0223. The molecule has 5 nitrogen and oxygen atoms in total. The minimum absolute atomic E-state index is 0.0497. The maximum atomic E-state index is 13.2. The summed E-state index contributed by atoms with van der Waals surface area (Å²) in [5.74, 6) is -0.885. The second-order valence-corrected chi connectivity index (χ2v) is 11.8. The molecular weight excluding hydrogens is 782 g/mol. The molecule has 5 rings (SSSR count). The number of fused-ring (bicyclic) bond motifs is 6. The Bertz CT molecular complexity index is 1400. The summed E-state index contributed by atoms with van der Waals surface area (Å²) in [5, 5.41) is 20.7. The van der Waals surface area contributed by atoms with E-state index in [2.05, 4.69) is 63.7 Å². The molecule has 2 N–H and O–H groups in total. The second kappa shape index (κ2) is 8.06. The van der Waals surface area contributed by atoms with Gasteiger partial charge in [0.2, 0.25) is 0 Å². The third kappa shape index (κ3) is 3.10. The number of ether oxygens (including phenoxy) is 2. The third-order valence-electron chi connectivity index (χ3n) is 5.33. The summed E-state index contributed by atoms with van der Waals surface area (Å²) < 4.78 is 13.0. The Morgan fingerprint density at radius 2 is 1.21 bits per heavy atom. The Morgan fingerprint density at radius 1 is 0.758 bits per heavy atom. The highest BCUT2D eigenvalue weighted by molar-refractivity contribution is 9.11. The Hall–Kier alpha value is -0.390. The van der Waals surface area contributed by atoms with Gasteiger partial charge in [-0.3, -0.25) is 0 Å². The van der Waals surface area contributed by atoms with E-state index >= 15 is 0 Å². The zero-order valence-electron chi connectivity index (χ0n) is 15.3. The van der Waals surface area contributed by atoms with Crippen molar-refractivity contribution >= 4 is 116 Å². The van der Waals surface area contributed by atoms with Gasteiger partial charge in [0.05, 0.1) is 45.7 Å². The molecular formula is C20H4Br4Cl4O5. The van der Waals surface area contributed by atoms with Gasteiger partial charge < -0.3 is 19.7 Å². The second-order valence-electron chi connectivity index (χ2n) is 6.97. The van der Waals surface area contributed by atoms with Crippen molar-refractivity contribution in [1.29, 1.82) is 0 Å². The van der Waals surface area contributed by atoms with Crippen molar-refractivity contribution in [2.24, 2.45) is 0 Å². The van der Waals surface area contributed by atoms with Crippen LogP contribution in [0.5, 0.6) is 23.0 Å². The Labute approximate surface area is 239 Å². The molecule has 2 heterocycles. The number of halogens is 8. The lowest BCUT2D eigenvalue weighted by Gasteiger charge is -2.38. The first-order chi connectivity index (χ1) is 15.4. The average Bonchev–Trinajstić information content (AvgIpc) is 3.08. The van der Waals surface area contributed by atoms with E-state index in [9.17, 15) is 15.0 Å². The van der Waals surface area contributed by atoms with E-state index in [-0.39, 0.29) is 72.1 Å². The predicted octanol–water partition coefficient (Wildman–Crippen LogP) is 9.33. The first-order valence-corrected chi connectivity index (χ1v) is 13.3. The molecule has 2 aliphatic heterocycles. The van der Waals surface area contributed by atoms with Crippen LogP contribution in [0.25, 0.3) is 0 Å². The molecule has 0 radical (unpaired) electrons. The van der Waals surface area contributed by atoms with Crippen molar-refractivity contribution in [1.82, 2.24) is 0 Å². The molecule has 33 heavy (non-hydrogen) atoms. The van der Waals surface area contributed by atoms with Crippen molar-refractivity contribution in [2.75, 3.05) is 0 Å². The summed E-state index contributed by atoms with van der Waals surface area (Å²) in [6.45, 7) is 0. The average molecular weight is 786 g/mol. The van der Waals surface area contributed by atoms with Gasteiger partial charge in [-0.25, -0.2) is 4.79 Å². The van der Waals surface area contributed by atoms with Crippen LogP contribution in [0.4, 0.5) is 0 Å². The molecule has 3 aromatic carbocycles. The van der Waals surface area contributed by atoms with Gasteiger partial charge in [0, 0.05) is 5.56 Å². The quantitative estimate of drug-likeness (QED) is 0.135. The zero-order valence-corrected chi connectivity index (χ0v) is 24.7. The van der Waals surface area contributed by atoms with Gasteiger partial charge in [-0.2, -0.15) is 0 Å². The molecule has 0 fully saturated rings. The molecule has 170 valence electrons. The number of rotatable bonds is 0. The van der Waals surface area contributed by atoms with Crippen molar-refractivity contribution in [2.45, 2.75) is 5.60 Å². The lowest BCUT2D eigenvalue weighted by atomic mass is 9.77. The number of hydrogen-bond acceptors (Lipinski definition) is 5. The first kappa shape index (κ1) is 24.3. The number of phenols is 2. The Kier molecular flexibility index (Phi) is 5.94. The van der Waals surface area contributed by atoms with Crippen LogP contribution in [-0.2, 0) is 10.3 Å². The molecule has 2 aliphatic rings. The summed E-state index contributed by atoms with van der Waals surface area (Å²) in [4.78, 5) is 13.2. The Balaban J connectivity index is 2.05. The number of hydrogen-bond donors (Lipinski definition) is 2. The molecule has 0 atom stereocenters. The van der Waals surface area contributed by atoms with Crippen LogP contribution in [0.1, 0.15) is 27.0 Å². The number of carbonyl (C=O) groups is 1. The smallest absolute Gasteiger partial charge is 0.341 e. The molecule has 1 spiro atoms. The molecule has 0 amide bonds. The van der Waals surface area contributed by atoms with Gasteiger partial charge in [0.25, 0.3) is 0 Å². The highest BCUT2D eigenvalue weighted by Crippen LogP contribution is 2.65. The summed E-state index contributed by atoms with van der Waals surface area (Å²) in [5.41, 5.74) is -1.02. The van der Waals surface area contributed by atoms with Crippen LogP contribution in [0.3, 0.4) is 0 Å². The van der Waals surface area contributed by atoms with E-state index in [0.29, 0.717) is 11.1 Å². The van der Waals surface area contributed by atoms with Gasteiger partial charge in [0.15, 0.2) is 17.1 Å². The molecule has 0 bridgehead atoms. The standard InChI is InChI=1S/C20H4Br4Cl4O5/c21-5-1-3-17(9(23)15(5)29)32-18-4(2-6(22)16(30)10(18)24)20(3)8-7(19(31)33-20)11(25)13(27)14(28)12(8)26/h1-2,29-30H. The number of aromatic hydroxyl groups is 2. The maximum Gasteiger partial charge on any atom is 0.341 e. The lowest BCUT2D eigenvalue weighted by Crippen LogP contribution is -2.33. The molecule has 0 unspecified atom stereocenters. The topological polar surface area (TPSA) is 76.0 Å². The van der Waals surface area contributed by atoms with Gasteiger partial charge in [-0.1, -0.05) is 46.4 Å². The van der Waals surface area contributed by atoms with Crippen LogP contribution < -0.4 is 4.74 Å². The minimum atomic E-state index is -1.72. The summed E-state index contributed by atoms with van der Waals surface area (Å²) in [7, 11) is 0. The van der Waals surface area contributed by atoms with Gasteiger partial charge >= 0.3 is 5.97 Å². The highest BCUT2D eigenvalue weighted by atomic mass is 79.9. The van der Waals surface area contributed by atoms with Gasteiger partial charge in [-0.15, -0.1) is 0 Å². The van der Waals surface area contributed by atoms with Crippen LogP contribution in [0.15, 0.2) is 30.0 Å². The van der Waals surface area contributed by atoms with E-state index in [1.807, 2.05) is 0 Å². The summed E-state index contributed by atoms with van der Waals surface area (Å²) in [6, 6.07) is 3.06. The molecule has 0 aromatic heterocycles. The molecule has 0 saturated heterocycles. The molecule has 3 aromatic rings. The normalized spacial score (nSPS) is 15.1. The third-order valence-corrected chi connectivity index (χ3v) is 9.81. The van der Waals surface area contributed by atoms with Crippen LogP contribution in [0, 0.1) is 0 Å². The van der Waals surface area contributed by atoms with Gasteiger partial charge in [-0.05, 0) is 75.9 Å². The number of phenolic OH excluding ortho intramolecular Hbond substituents is 2. The summed E-state index contributed by atoms with van der Waals surface area (Å²) >= 11 is 39.0. The fraction of sp³-hybridized carbons (Fsp3) is 0.0500. The van der Waals surface area contributed by atoms with E-state index in [1.54, 1.807) is 0 Å². The molecule has 0 aliphatic carbocycles. The van der Waals surface area contributed by atoms with Crippen LogP contribution in [-0.4, -0.2) is 16.2 Å². The van der Waals surface area contributed by atoms with E-state index < -0.39 is 11.6 Å². The molecule has 0 saturated carbocycles. The zero-order chi connectivity index (χ0) is 24.1.